The van der Waals surface area contributed by atoms with Crippen molar-refractivity contribution in [1.29, 1.82) is 0 Å². The van der Waals surface area contributed by atoms with Crippen LogP contribution in [0.2, 0.25) is 0 Å². The summed E-state index contributed by atoms with van der Waals surface area (Å²) in [5.74, 6) is -0.860. The topological polar surface area (TPSA) is 83.5 Å². The maximum Gasteiger partial charge on any atom is 0.320 e. The molecule has 4 N–H and O–H groups in total. The van der Waals surface area contributed by atoms with Crippen molar-refractivity contribution in [1.82, 2.24) is 0 Å². The van der Waals surface area contributed by atoms with Crippen LogP contribution in [0.15, 0.2) is 48.5 Å². The van der Waals surface area contributed by atoms with Gasteiger partial charge in [0.2, 0.25) is 0 Å². The van der Waals surface area contributed by atoms with Crippen molar-refractivity contribution in [3.05, 3.63) is 65.2 Å². The first kappa shape index (κ1) is 17.2. The number of carboxylic acids is 1. The summed E-state index contributed by atoms with van der Waals surface area (Å²) < 4.78 is 0. The summed E-state index contributed by atoms with van der Waals surface area (Å²) in [5, 5.41) is 17.5. The standard InChI is InChI=1S/C9H11NO3.C7H6.Cu/c10-8(9(12)13)5-6-1-3-7(11)4-2-6;1-2-4-7-5-6(7)3-1;/h1-4,8,11H,5,10H2,(H,12,13);1-4H,5H2;/t8-;;/m0../s1. The number of benzene rings is 2. The second-order valence-electron chi connectivity index (χ2n) is 4.76. The monoisotopic (exact) mass is 334 g/mol. The molecule has 2 aromatic rings. The average molecular weight is 335 g/mol. The maximum atomic E-state index is 10.4. The molecule has 0 heterocycles. The van der Waals surface area contributed by atoms with Crippen LogP contribution in [-0.4, -0.2) is 22.2 Å². The fourth-order valence-corrected chi connectivity index (χ4v) is 1.81. The zero-order chi connectivity index (χ0) is 14.5. The van der Waals surface area contributed by atoms with Gasteiger partial charge in [0, 0.05) is 17.1 Å². The van der Waals surface area contributed by atoms with Crippen molar-refractivity contribution in [2.24, 2.45) is 5.73 Å². The molecule has 0 saturated carbocycles. The van der Waals surface area contributed by atoms with Crippen LogP contribution in [0.5, 0.6) is 5.75 Å². The van der Waals surface area contributed by atoms with Crippen molar-refractivity contribution in [2.75, 3.05) is 0 Å². The number of phenolic OH excluding ortho intramolecular Hbond substituents is 1. The number of phenols is 1. The van der Waals surface area contributed by atoms with E-state index in [1.807, 2.05) is 0 Å². The minimum atomic E-state index is -1.02. The molecule has 0 fully saturated rings. The molecule has 0 amide bonds. The predicted octanol–water partition coefficient (Wildman–Crippen LogP) is 1.93. The van der Waals surface area contributed by atoms with Crippen LogP contribution < -0.4 is 5.73 Å². The van der Waals surface area contributed by atoms with Gasteiger partial charge < -0.3 is 15.9 Å². The first-order valence-corrected chi connectivity index (χ1v) is 6.39. The Kier molecular flexibility index (Phi) is 6.43. The molecule has 0 aliphatic heterocycles. The number of carboxylic acid groups (broad SMARTS) is 1. The van der Waals surface area contributed by atoms with Crippen LogP contribution in [0, 0.1) is 0 Å². The molecule has 1 atom stereocenters. The Labute approximate surface area is 134 Å². The Bertz CT molecular complexity index is 578. The number of carbonyl (C=O) groups is 1. The van der Waals surface area contributed by atoms with Gasteiger partial charge in [0.25, 0.3) is 0 Å². The molecule has 0 saturated heterocycles. The van der Waals surface area contributed by atoms with Crippen LogP contribution in [0.3, 0.4) is 0 Å². The molecule has 21 heavy (non-hydrogen) atoms. The fraction of sp³-hybridized carbons (Fsp3) is 0.188. The van der Waals surface area contributed by atoms with Gasteiger partial charge in [0.15, 0.2) is 0 Å². The first-order chi connectivity index (χ1) is 9.56. The van der Waals surface area contributed by atoms with Gasteiger partial charge in [-0.15, -0.1) is 0 Å². The molecule has 0 unspecified atom stereocenters. The normalized spacial score (nSPS) is 12.0. The van der Waals surface area contributed by atoms with Gasteiger partial charge in [-0.3, -0.25) is 4.79 Å². The van der Waals surface area contributed by atoms with Crippen molar-refractivity contribution in [2.45, 2.75) is 18.9 Å². The molecule has 115 valence electrons. The van der Waals surface area contributed by atoms with Crippen molar-refractivity contribution in [3.63, 3.8) is 0 Å². The third-order valence-electron chi connectivity index (χ3n) is 3.08. The third kappa shape index (κ3) is 5.60. The summed E-state index contributed by atoms with van der Waals surface area (Å²) in [5.41, 5.74) is 9.18. The van der Waals surface area contributed by atoms with E-state index in [0.29, 0.717) is 0 Å². The van der Waals surface area contributed by atoms with Gasteiger partial charge >= 0.3 is 5.97 Å². The Balaban J connectivity index is 0.000000231. The van der Waals surface area contributed by atoms with E-state index >= 15 is 0 Å². The van der Waals surface area contributed by atoms with Gasteiger partial charge in [-0.25, -0.2) is 0 Å². The minimum absolute atomic E-state index is 0. The Morgan fingerprint density at radius 3 is 2.05 bits per heavy atom. The number of aliphatic carboxylic acids is 1. The number of hydrogen-bond acceptors (Lipinski definition) is 3. The minimum Gasteiger partial charge on any atom is -0.508 e. The maximum absolute atomic E-state index is 10.4. The summed E-state index contributed by atoms with van der Waals surface area (Å²) in [4.78, 5) is 10.4. The zero-order valence-corrected chi connectivity index (χ0v) is 12.2. The van der Waals surface area contributed by atoms with E-state index in [-0.39, 0.29) is 29.2 Å². The van der Waals surface area contributed by atoms with E-state index in [0.717, 1.165) is 5.56 Å². The summed E-state index contributed by atoms with van der Waals surface area (Å²) in [6.45, 7) is 0. The molecule has 3 rings (SSSR count). The van der Waals surface area contributed by atoms with E-state index < -0.39 is 12.0 Å². The molecule has 5 heteroatoms. The quantitative estimate of drug-likeness (QED) is 0.639. The number of hydrogen-bond donors (Lipinski definition) is 3. The molecule has 0 aromatic heterocycles. The molecule has 2 aromatic carbocycles. The number of fused-ring (bicyclic) bond motifs is 1. The first-order valence-electron chi connectivity index (χ1n) is 6.39. The van der Waals surface area contributed by atoms with E-state index in [1.54, 1.807) is 12.1 Å². The molecule has 1 aliphatic rings. The van der Waals surface area contributed by atoms with Gasteiger partial charge in [-0.2, -0.15) is 0 Å². The van der Waals surface area contributed by atoms with E-state index in [9.17, 15) is 4.79 Å². The van der Waals surface area contributed by atoms with Gasteiger partial charge in [-0.05, 0) is 41.7 Å². The predicted molar refractivity (Wildman–Crippen MR) is 76.7 cm³/mol. The Morgan fingerprint density at radius 2 is 1.62 bits per heavy atom. The summed E-state index contributed by atoms with van der Waals surface area (Å²) in [6.07, 6.45) is 1.52. The molecule has 1 radical (unpaired) electrons. The van der Waals surface area contributed by atoms with E-state index in [2.05, 4.69) is 24.3 Å². The Hall–Kier alpha value is -1.81. The SMILES string of the molecule is N[C@@H](Cc1ccc(O)cc1)C(=O)O.[Cu].c1ccc2c(c1)C2. The fourth-order valence-electron chi connectivity index (χ4n) is 1.81. The average Bonchev–Trinajstić information content (AvgIpc) is 3.21. The zero-order valence-electron chi connectivity index (χ0n) is 11.3. The second-order valence-corrected chi connectivity index (χ2v) is 4.76. The summed E-state index contributed by atoms with van der Waals surface area (Å²) in [7, 11) is 0. The number of aromatic hydroxyl groups is 1. The molecule has 0 spiro atoms. The second kappa shape index (κ2) is 7.84. The van der Waals surface area contributed by atoms with Crippen LogP contribution in [-0.2, 0) is 34.7 Å². The van der Waals surface area contributed by atoms with Crippen LogP contribution >= 0.6 is 0 Å². The van der Waals surface area contributed by atoms with Crippen molar-refractivity contribution in [3.8, 4) is 5.75 Å². The van der Waals surface area contributed by atoms with Gasteiger partial charge in [0.05, 0.1) is 0 Å². The summed E-state index contributed by atoms with van der Waals surface area (Å²) >= 11 is 0. The Morgan fingerprint density at radius 1 is 1.10 bits per heavy atom. The smallest absolute Gasteiger partial charge is 0.320 e. The van der Waals surface area contributed by atoms with E-state index in [1.165, 1.54) is 29.7 Å². The number of rotatable bonds is 3. The molecule has 0 bridgehead atoms. The molecule has 1 aliphatic carbocycles. The third-order valence-corrected chi connectivity index (χ3v) is 3.08. The molecule has 4 nitrogen and oxygen atoms in total. The van der Waals surface area contributed by atoms with Gasteiger partial charge in [0.1, 0.15) is 11.8 Å². The van der Waals surface area contributed by atoms with Gasteiger partial charge in [-0.1, -0.05) is 36.4 Å². The summed E-state index contributed by atoms with van der Waals surface area (Å²) in [6, 6.07) is 14.0. The largest absolute Gasteiger partial charge is 0.508 e. The molecular weight excluding hydrogens is 318 g/mol. The van der Waals surface area contributed by atoms with Crippen molar-refractivity contribution < 1.29 is 32.1 Å². The van der Waals surface area contributed by atoms with E-state index in [4.69, 9.17) is 15.9 Å². The van der Waals surface area contributed by atoms with Crippen LogP contribution in [0.4, 0.5) is 0 Å². The molecular formula is C16H17CuNO3. The van der Waals surface area contributed by atoms with Crippen molar-refractivity contribution >= 4 is 5.97 Å². The van der Waals surface area contributed by atoms with Crippen LogP contribution in [0.25, 0.3) is 0 Å². The van der Waals surface area contributed by atoms with Crippen LogP contribution in [0.1, 0.15) is 16.7 Å². The number of nitrogens with two attached hydrogens (primary N) is 1.